The lowest BCUT2D eigenvalue weighted by atomic mass is 10.1. The molecule has 0 bridgehead atoms. The van der Waals surface area contributed by atoms with E-state index >= 15 is 0 Å². The van der Waals surface area contributed by atoms with Gasteiger partial charge < -0.3 is 5.73 Å². The van der Waals surface area contributed by atoms with Gasteiger partial charge in [0.25, 0.3) is 0 Å². The first-order valence-electron chi connectivity index (χ1n) is 5.81. The molecule has 0 fully saturated rings. The summed E-state index contributed by atoms with van der Waals surface area (Å²) in [5.74, 6) is 0. The number of nitrogen functional groups attached to an aromatic ring is 1. The highest BCUT2D eigenvalue weighted by atomic mass is 79.9. The van der Waals surface area contributed by atoms with Crippen molar-refractivity contribution >= 4 is 33.0 Å². The van der Waals surface area contributed by atoms with Crippen LogP contribution < -0.4 is 5.73 Å². The van der Waals surface area contributed by atoms with Crippen molar-refractivity contribution in [3.05, 3.63) is 50.1 Å². The quantitative estimate of drug-likeness (QED) is 0.860. The molecule has 1 heterocycles. The normalized spacial score (nSPS) is 11.1. The highest BCUT2D eigenvalue weighted by molar-refractivity contribution is 9.11. The van der Waals surface area contributed by atoms with E-state index in [0.29, 0.717) is 0 Å². The molecule has 0 radical (unpaired) electrons. The predicted molar refractivity (Wildman–Crippen MR) is 82.8 cm³/mol. The van der Waals surface area contributed by atoms with Gasteiger partial charge in [-0.05, 0) is 58.5 Å². The Kier molecular flexibility index (Phi) is 4.43. The van der Waals surface area contributed by atoms with Crippen LogP contribution in [0.5, 0.6) is 0 Å². The second-order valence-corrected chi connectivity index (χ2v) is 6.92. The van der Waals surface area contributed by atoms with Crippen LogP contribution in [0.25, 0.3) is 0 Å². The summed E-state index contributed by atoms with van der Waals surface area (Å²) >= 11 is 5.21. The minimum atomic E-state index is 0.874. The Hall–Kier alpha value is -0.840. The molecule has 0 atom stereocenters. The maximum absolute atomic E-state index is 6.00. The molecular weight excluding hydrogens is 308 g/mol. The van der Waals surface area contributed by atoms with Crippen molar-refractivity contribution < 1.29 is 0 Å². The SMILES string of the molecule is Cc1ccc(N)c(CN(C)Cc2csc(Br)c2)c1. The molecule has 4 heteroatoms. The minimum Gasteiger partial charge on any atom is -0.398 e. The molecule has 1 aromatic carbocycles. The number of benzene rings is 1. The zero-order valence-corrected chi connectivity index (χ0v) is 13.0. The summed E-state index contributed by atoms with van der Waals surface area (Å²) < 4.78 is 1.18. The van der Waals surface area contributed by atoms with Crippen LogP contribution in [-0.4, -0.2) is 11.9 Å². The summed E-state index contributed by atoms with van der Waals surface area (Å²) in [6.07, 6.45) is 0. The number of anilines is 1. The molecule has 0 saturated heterocycles. The molecule has 2 aromatic rings. The van der Waals surface area contributed by atoms with Gasteiger partial charge in [-0.2, -0.15) is 0 Å². The van der Waals surface area contributed by atoms with E-state index in [1.54, 1.807) is 11.3 Å². The zero-order valence-electron chi connectivity index (χ0n) is 10.6. The van der Waals surface area contributed by atoms with E-state index in [1.165, 1.54) is 20.5 Å². The van der Waals surface area contributed by atoms with Crippen LogP contribution in [0, 0.1) is 6.92 Å². The zero-order chi connectivity index (χ0) is 13.1. The number of thiophene rings is 1. The fourth-order valence-corrected chi connectivity index (χ4v) is 3.16. The summed E-state index contributed by atoms with van der Waals surface area (Å²) in [4.78, 5) is 2.28. The Morgan fingerprint density at radius 1 is 1.28 bits per heavy atom. The monoisotopic (exact) mass is 324 g/mol. The number of nitrogens with zero attached hydrogens (tertiary/aromatic N) is 1. The third kappa shape index (κ3) is 3.57. The maximum atomic E-state index is 6.00. The van der Waals surface area contributed by atoms with E-state index in [-0.39, 0.29) is 0 Å². The van der Waals surface area contributed by atoms with Gasteiger partial charge in [-0.25, -0.2) is 0 Å². The molecular formula is C14H17BrN2S. The molecule has 2 nitrogen and oxygen atoms in total. The molecule has 96 valence electrons. The lowest BCUT2D eigenvalue weighted by molar-refractivity contribution is 0.320. The van der Waals surface area contributed by atoms with Gasteiger partial charge in [-0.15, -0.1) is 11.3 Å². The Morgan fingerprint density at radius 3 is 2.72 bits per heavy atom. The number of nitrogens with two attached hydrogens (primary N) is 1. The van der Waals surface area contributed by atoms with Crippen LogP contribution in [0.1, 0.15) is 16.7 Å². The van der Waals surface area contributed by atoms with Crippen LogP contribution in [0.4, 0.5) is 5.69 Å². The van der Waals surface area contributed by atoms with Crippen LogP contribution in [0.15, 0.2) is 33.4 Å². The van der Waals surface area contributed by atoms with E-state index in [9.17, 15) is 0 Å². The van der Waals surface area contributed by atoms with Crippen LogP contribution in [0.2, 0.25) is 0 Å². The number of halogens is 1. The summed E-state index contributed by atoms with van der Waals surface area (Å²) in [5.41, 5.74) is 10.7. The molecule has 18 heavy (non-hydrogen) atoms. The molecule has 0 saturated carbocycles. The van der Waals surface area contributed by atoms with Gasteiger partial charge in [0, 0.05) is 18.8 Å². The number of rotatable bonds is 4. The van der Waals surface area contributed by atoms with Crippen molar-refractivity contribution in [2.24, 2.45) is 0 Å². The average molecular weight is 325 g/mol. The number of hydrogen-bond acceptors (Lipinski definition) is 3. The van der Waals surface area contributed by atoms with Gasteiger partial charge in [0.2, 0.25) is 0 Å². The Balaban J connectivity index is 2.02. The first kappa shape index (κ1) is 13.6. The maximum Gasteiger partial charge on any atom is 0.0701 e. The Labute approximate surface area is 121 Å². The summed E-state index contributed by atoms with van der Waals surface area (Å²) in [6.45, 7) is 3.91. The van der Waals surface area contributed by atoms with Crippen molar-refractivity contribution in [2.75, 3.05) is 12.8 Å². The minimum absolute atomic E-state index is 0.874. The van der Waals surface area contributed by atoms with E-state index in [0.717, 1.165) is 18.8 Å². The molecule has 0 aliphatic rings. The summed E-state index contributed by atoms with van der Waals surface area (Å²) in [7, 11) is 2.12. The van der Waals surface area contributed by atoms with Crippen molar-refractivity contribution in [1.29, 1.82) is 0 Å². The second-order valence-electron chi connectivity index (χ2n) is 4.63. The predicted octanol–water partition coefficient (Wildman–Crippen LogP) is 4.03. The van der Waals surface area contributed by atoms with Gasteiger partial charge in [0.1, 0.15) is 0 Å². The van der Waals surface area contributed by atoms with E-state index in [1.807, 2.05) is 6.07 Å². The molecule has 2 N–H and O–H groups in total. The van der Waals surface area contributed by atoms with Crippen molar-refractivity contribution in [3.8, 4) is 0 Å². The largest absolute Gasteiger partial charge is 0.398 e. The topological polar surface area (TPSA) is 29.3 Å². The molecule has 0 aliphatic carbocycles. The number of hydrogen-bond donors (Lipinski definition) is 1. The molecule has 0 spiro atoms. The van der Waals surface area contributed by atoms with Crippen LogP contribution in [-0.2, 0) is 13.1 Å². The molecule has 0 aliphatic heterocycles. The summed E-state index contributed by atoms with van der Waals surface area (Å²) in [5, 5.41) is 2.18. The van der Waals surface area contributed by atoms with E-state index in [2.05, 4.69) is 58.4 Å². The average Bonchev–Trinajstić information content (AvgIpc) is 2.69. The number of aryl methyl sites for hydroxylation is 1. The van der Waals surface area contributed by atoms with Gasteiger partial charge in [0.15, 0.2) is 0 Å². The highest BCUT2D eigenvalue weighted by Crippen LogP contribution is 2.22. The van der Waals surface area contributed by atoms with E-state index in [4.69, 9.17) is 5.73 Å². The van der Waals surface area contributed by atoms with Crippen molar-refractivity contribution in [3.63, 3.8) is 0 Å². The smallest absolute Gasteiger partial charge is 0.0701 e. The molecule has 1 aromatic heterocycles. The molecule has 0 unspecified atom stereocenters. The summed E-state index contributed by atoms with van der Waals surface area (Å²) in [6, 6.07) is 8.37. The first-order chi connectivity index (χ1) is 8.54. The molecule has 2 rings (SSSR count). The standard InChI is InChI=1S/C14H17BrN2S/c1-10-3-4-13(16)12(5-10)8-17(2)7-11-6-14(15)18-9-11/h3-6,9H,7-8,16H2,1-2H3. The fraction of sp³-hybridized carbons (Fsp3) is 0.286. The van der Waals surface area contributed by atoms with Gasteiger partial charge in [0.05, 0.1) is 3.79 Å². The third-order valence-electron chi connectivity index (χ3n) is 2.81. The van der Waals surface area contributed by atoms with Gasteiger partial charge >= 0.3 is 0 Å². The van der Waals surface area contributed by atoms with Crippen LogP contribution >= 0.6 is 27.3 Å². The first-order valence-corrected chi connectivity index (χ1v) is 7.48. The molecule has 0 amide bonds. The lowest BCUT2D eigenvalue weighted by Crippen LogP contribution is -2.17. The van der Waals surface area contributed by atoms with Gasteiger partial charge in [-0.1, -0.05) is 17.7 Å². The fourth-order valence-electron chi connectivity index (χ4n) is 1.96. The highest BCUT2D eigenvalue weighted by Gasteiger charge is 2.06. The van der Waals surface area contributed by atoms with Crippen molar-refractivity contribution in [1.82, 2.24) is 4.90 Å². The van der Waals surface area contributed by atoms with E-state index < -0.39 is 0 Å². The van der Waals surface area contributed by atoms with Crippen molar-refractivity contribution in [2.45, 2.75) is 20.0 Å². The Bertz CT molecular complexity index is 536. The van der Waals surface area contributed by atoms with Gasteiger partial charge in [-0.3, -0.25) is 4.90 Å². The second kappa shape index (κ2) is 5.87. The third-order valence-corrected chi connectivity index (χ3v) is 4.37. The lowest BCUT2D eigenvalue weighted by Gasteiger charge is -2.17. The van der Waals surface area contributed by atoms with Crippen LogP contribution in [0.3, 0.4) is 0 Å². The Morgan fingerprint density at radius 2 is 2.06 bits per heavy atom.